The molecular formula is C15H14N2O2S. The van der Waals surface area contributed by atoms with Crippen molar-refractivity contribution in [3.8, 4) is 6.07 Å². The standard InChI is InChI=1S/C15H14N2O2S/c1-12-4-2-3-5-14(12)11-20(18,19)10-13-6-7-17-15(8-13)9-16/h2-8H,10-11H2,1H3. The number of rotatable bonds is 4. The van der Waals surface area contributed by atoms with Crippen molar-refractivity contribution in [2.75, 3.05) is 0 Å². The number of aryl methyl sites for hydroxylation is 1. The first kappa shape index (κ1) is 14.2. The fourth-order valence-electron chi connectivity index (χ4n) is 1.94. The van der Waals surface area contributed by atoms with Gasteiger partial charge in [-0.15, -0.1) is 0 Å². The molecule has 0 fully saturated rings. The second kappa shape index (κ2) is 5.85. The summed E-state index contributed by atoms with van der Waals surface area (Å²) in [6.45, 7) is 1.89. The molecule has 20 heavy (non-hydrogen) atoms. The molecule has 0 aliphatic rings. The predicted octanol–water partition coefficient (Wildman–Crippen LogP) is 2.38. The molecule has 2 aromatic rings. The largest absolute Gasteiger partial charge is 0.246 e. The van der Waals surface area contributed by atoms with Crippen molar-refractivity contribution in [3.05, 3.63) is 65.0 Å². The normalized spacial score (nSPS) is 11.0. The molecule has 5 heteroatoms. The van der Waals surface area contributed by atoms with Gasteiger partial charge in [-0.3, -0.25) is 0 Å². The molecule has 1 aromatic heterocycles. The lowest BCUT2D eigenvalue weighted by Crippen LogP contribution is -2.09. The van der Waals surface area contributed by atoms with Crippen LogP contribution in [0.25, 0.3) is 0 Å². The molecule has 0 amide bonds. The molecule has 102 valence electrons. The number of nitrogens with zero attached hydrogens (tertiary/aromatic N) is 2. The number of hydrogen-bond acceptors (Lipinski definition) is 4. The molecule has 0 aliphatic heterocycles. The van der Waals surface area contributed by atoms with Gasteiger partial charge in [0, 0.05) is 6.20 Å². The monoisotopic (exact) mass is 286 g/mol. The summed E-state index contributed by atoms with van der Waals surface area (Å²) < 4.78 is 24.4. The molecule has 0 saturated heterocycles. The summed E-state index contributed by atoms with van der Waals surface area (Å²) in [7, 11) is -3.27. The molecule has 0 saturated carbocycles. The minimum atomic E-state index is -3.27. The lowest BCUT2D eigenvalue weighted by Gasteiger charge is -2.07. The molecule has 0 aliphatic carbocycles. The van der Waals surface area contributed by atoms with Gasteiger partial charge in [0.05, 0.1) is 11.5 Å². The number of nitriles is 1. The molecule has 0 unspecified atom stereocenters. The average Bonchev–Trinajstić information content (AvgIpc) is 2.41. The van der Waals surface area contributed by atoms with E-state index >= 15 is 0 Å². The molecule has 0 bridgehead atoms. The van der Waals surface area contributed by atoms with E-state index in [-0.39, 0.29) is 17.2 Å². The second-order valence-electron chi connectivity index (χ2n) is 4.62. The Morgan fingerprint density at radius 1 is 1.20 bits per heavy atom. The molecule has 1 heterocycles. The van der Waals surface area contributed by atoms with Gasteiger partial charge in [0.1, 0.15) is 11.8 Å². The lowest BCUT2D eigenvalue weighted by atomic mass is 10.1. The van der Waals surface area contributed by atoms with Crippen LogP contribution in [-0.2, 0) is 21.3 Å². The average molecular weight is 286 g/mol. The van der Waals surface area contributed by atoms with Crippen molar-refractivity contribution in [2.45, 2.75) is 18.4 Å². The molecule has 0 atom stereocenters. The van der Waals surface area contributed by atoms with Gasteiger partial charge in [-0.25, -0.2) is 13.4 Å². The van der Waals surface area contributed by atoms with E-state index in [1.807, 2.05) is 37.3 Å². The Morgan fingerprint density at radius 3 is 2.65 bits per heavy atom. The second-order valence-corrected chi connectivity index (χ2v) is 6.68. The Morgan fingerprint density at radius 2 is 1.95 bits per heavy atom. The topological polar surface area (TPSA) is 70.8 Å². The SMILES string of the molecule is Cc1ccccc1CS(=O)(=O)Cc1ccnc(C#N)c1. The van der Waals surface area contributed by atoms with E-state index < -0.39 is 9.84 Å². The zero-order chi connectivity index (χ0) is 14.6. The Labute approximate surface area is 118 Å². The van der Waals surface area contributed by atoms with Gasteiger partial charge in [0.15, 0.2) is 9.84 Å². The lowest BCUT2D eigenvalue weighted by molar-refractivity contribution is 0.594. The van der Waals surface area contributed by atoms with E-state index in [2.05, 4.69) is 4.98 Å². The van der Waals surface area contributed by atoms with Gasteiger partial charge in [0.2, 0.25) is 0 Å². The Hall–Kier alpha value is -2.19. The van der Waals surface area contributed by atoms with E-state index in [9.17, 15) is 8.42 Å². The molecule has 0 spiro atoms. The first-order valence-corrected chi connectivity index (χ1v) is 7.92. The van der Waals surface area contributed by atoms with E-state index in [1.54, 1.807) is 6.07 Å². The zero-order valence-electron chi connectivity index (χ0n) is 11.1. The smallest absolute Gasteiger partial charge is 0.158 e. The van der Waals surface area contributed by atoms with Crippen LogP contribution in [0.3, 0.4) is 0 Å². The van der Waals surface area contributed by atoms with E-state index in [0.717, 1.165) is 11.1 Å². The summed E-state index contributed by atoms with van der Waals surface area (Å²) >= 11 is 0. The van der Waals surface area contributed by atoms with Gasteiger partial charge in [-0.1, -0.05) is 24.3 Å². The third kappa shape index (κ3) is 3.65. The van der Waals surface area contributed by atoms with Crippen molar-refractivity contribution in [1.82, 2.24) is 4.98 Å². The number of pyridine rings is 1. The van der Waals surface area contributed by atoms with E-state index in [1.165, 1.54) is 12.3 Å². The third-order valence-electron chi connectivity index (χ3n) is 2.96. The minimum Gasteiger partial charge on any atom is -0.246 e. The summed E-state index contributed by atoms with van der Waals surface area (Å²) in [5.74, 6) is -0.0809. The van der Waals surface area contributed by atoms with Gasteiger partial charge in [-0.2, -0.15) is 5.26 Å². The van der Waals surface area contributed by atoms with Gasteiger partial charge < -0.3 is 0 Å². The van der Waals surface area contributed by atoms with Crippen molar-refractivity contribution < 1.29 is 8.42 Å². The fourth-order valence-corrected chi connectivity index (χ4v) is 3.53. The van der Waals surface area contributed by atoms with Crippen molar-refractivity contribution in [1.29, 1.82) is 5.26 Å². The minimum absolute atomic E-state index is 0.00385. The third-order valence-corrected chi connectivity index (χ3v) is 4.49. The first-order valence-electron chi connectivity index (χ1n) is 6.10. The van der Waals surface area contributed by atoms with Gasteiger partial charge in [-0.05, 0) is 35.7 Å². The van der Waals surface area contributed by atoms with Crippen LogP contribution in [0.1, 0.15) is 22.4 Å². The predicted molar refractivity (Wildman–Crippen MR) is 76.5 cm³/mol. The van der Waals surface area contributed by atoms with Crippen molar-refractivity contribution in [2.24, 2.45) is 0 Å². The quantitative estimate of drug-likeness (QED) is 0.865. The number of benzene rings is 1. The van der Waals surface area contributed by atoms with Crippen LogP contribution >= 0.6 is 0 Å². The van der Waals surface area contributed by atoms with Gasteiger partial charge in [0.25, 0.3) is 0 Å². The Bertz CT molecular complexity index is 761. The van der Waals surface area contributed by atoms with Crippen LogP contribution in [0.2, 0.25) is 0 Å². The molecule has 2 rings (SSSR count). The van der Waals surface area contributed by atoms with Crippen LogP contribution in [0.4, 0.5) is 0 Å². The van der Waals surface area contributed by atoms with Crippen LogP contribution in [0, 0.1) is 18.3 Å². The summed E-state index contributed by atoms with van der Waals surface area (Å²) in [6.07, 6.45) is 1.46. The fraction of sp³-hybridized carbons (Fsp3) is 0.200. The maximum absolute atomic E-state index is 12.2. The highest BCUT2D eigenvalue weighted by Crippen LogP contribution is 2.15. The highest BCUT2D eigenvalue weighted by Gasteiger charge is 2.14. The molecule has 4 nitrogen and oxygen atoms in total. The maximum Gasteiger partial charge on any atom is 0.158 e. The Balaban J connectivity index is 2.20. The summed E-state index contributed by atoms with van der Waals surface area (Å²) in [5.41, 5.74) is 2.59. The van der Waals surface area contributed by atoms with Crippen molar-refractivity contribution >= 4 is 9.84 Å². The number of aromatic nitrogens is 1. The zero-order valence-corrected chi connectivity index (χ0v) is 11.9. The van der Waals surface area contributed by atoms with E-state index in [0.29, 0.717) is 5.56 Å². The van der Waals surface area contributed by atoms with E-state index in [4.69, 9.17) is 5.26 Å². The van der Waals surface area contributed by atoms with Crippen LogP contribution in [0.15, 0.2) is 42.6 Å². The highest BCUT2D eigenvalue weighted by atomic mass is 32.2. The number of sulfone groups is 1. The summed E-state index contributed by atoms with van der Waals surface area (Å²) in [4.78, 5) is 3.83. The van der Waals surface area contributed by atoms with Crippen LogP contribution < -0.4 is 0 Å². The molecular weight excluding hydrogens is 272 g/mol. The Kier molecular flexibility index (Phi) is 4.16. The first-order chi connectivity index (χ1) is 9.50. The number of hydrogen-bond donors (Lipinski definition) is 0. The molecule has 1 aromatic carbocycles. The molecule has 0 N–H and O–H groups in total. The molecule has 0 radical (unpaired) electrons. The maximum atomic E-state index is 12.2. The highest BCUT2D eigenvalue weighted by molar-refractivity contribution is 7.89. The summed E-state index contributed by atoms with van der Waals surface area (Å²) in [6, 6.07) is 12.5. The summed E-state index contributed by atoms with van der Waals surface area (Å²) in [5, 5.41) is 8.77. The van der Waals surface area contributed by atoms with Crippen molar-refractivity contribution in [3.63, 3.8) is 0 Å². The van der Waals surface area contributed by atoms with Crippen LogP contribution in [0.5, 0.6) is 0 Å². The van der Waals surface area contributed by atoms with Crippen LogP contribution in [-0.4, -0.2) is 13.4 Å². The van der Waals surface area contributed by atoms with Gasteiger partial charge >= 0.3 is 0 Å².